The zero-order valence-electron chi connectivity index (χ0n) is 6.75. The van der Waals surface area contributed by atoms with Gasteiger partial charge in [0.15, 0.2) is 0 Å². The van der Waals surface area contributed by atoms with Gasteiger partial charge in [-0.3, -0.25) is 0 Å². The van der Waals surface area contributed by atoms with Gasteiger partial charge in [-0.2, -0.15) is 0 Å². The van der Waals surface area contributed by atoms with Gasteiger partial charge in [0.25, 0.3) is 6.69 Å². The first kappa shape index (κ1) is 10.5. The van der Waals surface area contributed by atoms with E-state index in [9.17, 15) is 0 Å². The van der Waals surface area contributed by atoms with E-state index in [-0.39, 0.29) is 0 Å². The molecule has 10 heavy (non-hydrogen) atoms. The number of rotatable bonds is 3. The second-order valence-electron chi connectivity index (χ2n) is 2.38. The van der Waals surface area contributed by atoms with Crippen molar-refractivity contribution >= 4 is 28.9 Å². The van der Waals surface area contributed by atoms with Crippen molar-refractivity contribution < 1.29 is 0 Å². The van der Waals surface area contributed by atoms with E-state index in [1.165, 1.54) is 5.20 Å². The fourth-order valence-corrected chi connectivity index (χ4v) is 3.33. The summed E-state index contributed by atoms with van der Waals surface area (Å²) in [6.07, 6.45) is 4.17. The van der Waals surface area contributed by atoms with Crippen molar-refractivity contribution in [2.45, 2.75) is 33.2 Å². The van der Waals surface area contributed by atoms with Crippen molar-refractivity contribution in [3.63, 3.8) is 0 Å². The Labute approximate surface area is 73.6 Å². The Kier molecular flexibility index (Phi) is 4.66. The fraction of sp³-hybridized carbons (Fsp3) is 0.714. The van der Waals surface area contributed by atoms with E-state index >= 15 is 0 Å². The van der Waals surface area contributed by atoms with Crippen LogP contribution in [0.15, 0.2) is 11.3 Å². The van der Waals surface area contributed by atoms with Crippen LogP contribution in [0, 0.1) is 0 Å². The Morgan fingerprint density at radius 3 is 2.00 bits per heavy atom. The minimum Gasteiger partial charge on any atom is -0.140 e. The Bertz CT molecular complexity index is 124. The highest BCUT2D eigenvalue weighted by Gasteiger charge is 2.24. The summed E-state index contributed by atoms with van der Waals surface area (Å²) in [6.45, 7) is 4.14. The van der Waals surface area contributed by atoms with E-state index in [2.05, 4.69) is 19.9 Å². The predicted octanol–water partition coefficient (Wildman–Crippen LogP) is 3.82. The van der Waals surface area contributed by atoms with E-state index in [0.717, 1.165) is 12.8 Å². The molecule has 0 aliphatic rings. The lowest BCUT2D eigenvalue weighted by molar-refractivity contribution is 1.12. The Morgan fingerprint density at radius 1 is 1.40 bits per heavy atom. The Balaban J connectivity index is 4.21. The zero-order valence-corrected chi connectivity index (χ0v) is 9.26. The van der Waals surface area contributed by atoms with Crippen LogP contribution in [-0.4, -0.2) is 6.69 Å². The molecule has 0 nitrogen and oxygen atoms in total. The SMILES string of the molecule is CC/C=C(/CC)[Si](C)(Cl)Cl. The average Bonchev–Trinajstić information content (AvgIpc) is 1.80. The summed E-state index contributed by atoms with van der Waals surface area (Å²) >= 11 is 12.0. The summed E-state index contributed by atoms with van der Waals surface area (Å²) in [6, 6.07) is 0. The standard InChI is InChI=1S/C7H14Cl2Si/c1-4-6-7(5-2)10(3,8)9/h6H,4-5H2,1-3H3/b7-6-. The predicted molar refractivity (Wildman–Crippen MR) is 52.0 cm³/mol. The van der Waals surface area contributed by atoms with Gasteiger partial charge in [0.05, 0.1) is 0 Å². The van der Waals surface area contributed by atoms with Crippen molar-refractivity contribution in [3.8, 4) is 0 Å². The van der Waals surface area contributed by atoms with Crippen LogP contribution in [-0.2, 0) is 0 Å². The molecule has 0 radical (unpaired) electrons. The maximum Gasteiger partial charge on any atom is 0.273 e. The molecule has 0 aliphatic carbocycles. The van der Waals surface area contributed by atoms with Gasteiger partial charge in [0.2, 0.25) is 0 Å². The van der Waals surface area contributed by atoms with Gasteiger partial charge in [0.1, 0.15) is 0 Å². The third-order valence-electron chi connectivity index (χ3n) is 1.40. The lowest BCUT2D eigenvalue weighted by atomic mass is 10.3. The lowest BCUT2D eigenvalue weighted by Gasteiger charge is -2.13. The van der Waals surface area contributed by atoms with Crippen LogP contribution in [0.1, 0.15) is 26.7 Å². The molecule has 0 N–H and O–H groups in total. The number of halogens is 2. The van der Waals surface area contributed by atoms with Gasteiger partial charge >= 0.3 is 0 Å². The third kappa shape index (κ3) is 3.64. The summed E-state index contributed by atoms with van der Waals surface area (Å²) < 4.78 is 0. The molecule has 0 saturated carbocycles. The topological polar surface area (TPSA) is 0 Å². The van der Waals surface area contributed by atoms with E-state index in [1.807, 2.05) is 6.55 Å². The molecule has 0 rings (SSSR count). The van der Waals surface area contributed by atoms with E-state index in [1.54, 1.807) is 0 Å². The van der Waals surface area contributed by atoms with Crippen molar-refractivity contribution in [2.75, 3.05) is 0 Å². The molecule has 0 heterocycles. The van der Waals surface area contributed by atoms with Crippen LogP contribution in [0.25, 0.3) is 0 Å². The molecule has 0 aliphatic heterocycles. The molecule has 0 unspecified atom stereocenters. The maximum atomic E-state index is 6.01. The van der Waals surface area contributed by atoms with Crippen molar-refractivity contribution in [1.82, 2.24) is 0 Å². The van der Waals surface area contributed by atoms with Gasteiger partial charge in [-0.25, -0.2) is 0 Å². The summed E-state index contributed by atoms with van der Waals surface area (Å²) in [5.74, 6) is 0. The van der Waals surface area contributed by atoms with Gasteiger partial charge in [-0.05, 0) is 19.4 Å². The van der Waals surface area contributed by atoms with Crippen LogP contribution >= 0.6 is 22.2 Å². The molecule has 0 fully saturated rings. The van der Waals surface area contributed by atoms with Crippen molar-refractivity contribution in [2.24, 2.45) is 0 Å². The average molecular weight is 197 g/mol. The molecule has 0 aromatic carbocycles. The summed E-state index contributed by atoms with van der Waals surface area (Å²) in [7, 11) is 0. The van der Waals surface area contributed by atoms with Crippen molar-refractivity contribution in [1.29, 1.82) is 0 Å². The highest BCUT2D eigenvalue weighted by molar-refractivity contribution is 7.48. The molecule has 60 valence electrons. The molecule has 0 bridgehead atoms. The molecular formula is C7H14Cl2Si. The van der Waals surface area contributed by atoms with Crippen molar-refractivity contribution in [3.05, 3.63) is 11.3 Å². The minimum absolute atomic E-state index is 0.990. The Morgan fingerprint density at radius 2 is 1.90 bits per heavy atom. The van der Waals surface area contributed by atoms with E-state index < -0.39 is 6.69 Å². The van der Waals surface area contributed by atoms with Crippen LogP contribution in [0.2, 0.25) is 6.55 Å². The second-order valence-corrected chi connectivity index (χ2v) is 9.91. The lowest BCUT2D eigenvalue weighted by Crippen LogP contribution is -2.16. The number of hydrogen-bond donors (Lipinski definition) is 0. The summed E-state index contributed by atoms with van der Waals surface area (Å²) in [5.41, 5.74) is 0. The van der Waals surface area contributed by atoms with Crippen LogP contribution in [0.3, 0.4) is 0 Å². The maximum absolute atomic E-state index is 6.01. The van der Waals surface area contributed by atoms with Gasteiger partial charge in [-0.15, -0.1) is 22.2 Å². The first-order valence-corrected chi connectivity index (χ1v) is 8.12. The Hall–Kier alpha value is 0.537. The third-order valence-corrected chi connectivity index (χ3v) is 4.54. The first-order valence-electron chi connectivity index (χ1n) is 3.59. The van der Waals surface area contributed by atoms with Crippen LogP contribution < -0.4 is 0 Å². The molecule has 0 aromatic heterocycles. The quantitative estimate of drug-likeness (QED) is 0.476. The van der Waals surface area contributed by atoms with Crippen LogP contribution in [0.5, 0.6) is 0 Å². The molecule has 3 heteroatoms. The molecule has 0 saturated heterocycles. The van der Waals surface area contributed by atoms with E-state index in [4.69, 9.17) is 22.2 Å². The first-order chi connectivity index (χ1) is 4.52. The van der Waals surface area contributed by atoms with Gasteiger partial charge < -0.3 is 0 Å². The number of hydrogen-bond acceptors (Lipinski definition) is 0. The highest BCUT2D eigenvalue weighted by Crippen LogP contribution is 2.26. The molecule has 0 spiro atoms. The van der Waals surface area contributed by atoms with E-state index in [0.29, 0.717) is 0 Å². The molecule has 0 amide bonds. The smallest absolute Gasteiger partial charge is 0.140 e. The monoisotopic (exact) mass is 196 g/mol. The van der Waals surface area contributed by atoms with Gasteiger partial charge in [-0.1, -0.05) is 25.1 Å². The second kappa shape index (κ2) is 4.42. The van der Waals surface area contributed by atoms with Gasteiger partial charge in [0, 0.05) is 0 Å². The largest absolute Gasteiger partial charge is 0.273 e. The summed E-state index contributed by atoms with van der Waals surface area (Å²) in [5, 5.41) is 1.25. The summed E-state index contributed by atoms with van der Waals surface area (Å²) in [4.78, 5) is 0. The highest BCUT2D eigenvalue weighted by atomic mass is 35.7. The minimum atomic E-state index is -2.00. The molecule has 0 atom stereocenters. The van der Waals surface area contributed by atoms with Crippen LogP contribution in [0.4, 0.5) is 0 Å². The normalized spacial score (nSPS) is 13.9. The zero-order chi connectivity index (χ0) is 8.20. The fourth-order valence-electron chi connectivity index (χ4n) is 0.880. The molecule has 0 aromatic rings. The molecular weight excluding hydrogens is 183 g/mol. The number of allylic oxidation sites excluding steroid dienone is 2.